The van der Waals surface area contributed by atoms with Crippen molar-refractivity contribution in [2.75, 3.05) is 5.75 Å². The van der Waals surface area contributed by atoms with Gasteiger partial charge in [-0.2, -0.15) is 8.42 Å². The van der Waals surface area contributed by atoms with Crippen LogP contribution in [0.4, 0.5) is 0 Å². The molecule has 0 aliphatic carbocycles. The highest BCUT2D eigenvalue weighted by molar-refractivity contribution is 7.87. The van der Waals surface area contributed by atoms with Crippen molar-refractivity contribution in [2.24, 2.45) is 0 Å². The summed E-state index contributed by atoms with van der Waals surface area (Å²) in [6.45, 7) is 1.55. The second-order valence-corrected chi connectivity index (χ2v) is 5.30. The van der Waals surface area contributed by atoms with Crippen LogP contribution >= 0.6 is 0 Å². The Labute approximate surface area is 94.8 Å². The SMILES string of the molecule is CCS(=O)(=O)Oc1ccc2ccccc2c1. The zero-order chi connectivity index (χ0) is 11.6. The van der Waals surface area contributed by atoms with Crippen molar-refractivity contribution in [2.45, 2.75) is 6.92 Å². The van der Waals surface area contributed by atoms with Crippen LogP contribution in [0.2, 0.25) is 0 Å². The number of hydrogen-bond donors (Lipinski definition) is 0. The molecule has 2 aromatic rings. The lowest BCUT2D eigenvalue weighted by atomic mass is 10.1. The Kier molecular flexibility index (Phi) is 2.83. The molecule has 0 heterocycles. The molecular weight excluding hydrogens is 224 g/mol. The monoisotopic (exact) mass is 236 g/mol. The lowest BCUT2D eigenvalue weighted by Crippen LogP contribution is -2.11. The molecule has 0 amide bonds. The Balaban J connectivity index is 2.40. The average Bonchev–Trinajstić information content (AvgIpc) is 2.28. The summed E-state index contributed by atoms with van der Waals surface area (Å²) in [6, 6.07) is 13.0. The molecule has 0 aliphatic heterocycles. The Morgan fingerprint density at radius 1 is 1.06 bits per heavy atom. The molecular formula is C12H12O3S. The number of rotatable bonds is 3. The average molecular weight is 236 g/mol. The molecule has 0 saturated carbocycles. The Morgan fingerprint density at radius 3 is 2.44 bits per heavy atom. The maximum absolute atomic E-state index is 11.3. The topological polar surface area (TPSA) is 43.4 Å². The highest BCUT2D eigenvalue weighted by atomic mass is 32.2. The second kappa shape index (κ2) is 4.14. The molecule has 84 valence electrons. The third-order valence-corrected chi connectivity index (χ3v) is 3.45. The molecule has 0 N–H and O–H groups in total. The van der Waals surface area contributed by atoms with Gasteiger partial charge < -0.3 is 4.18 Å². The van der Waals surface area contributed by atoms with Crippen LogP contribution in [0.3, 0.4) is 0 Å². The van der Waals surface area contributed by atoms with Crippen molar-refractivity contribution < 1.29 is 12.6 Å². The second-order valence-electron chi connectivity index (χ2n) is 3.44. The molecule has 0 bridgehead atoms. The van der Waals surface area contributed by atoms with Gasteiger partial charge in [-0.25, -0.2) is 0 Å². The third-order valence-electron chi connectivity index (χ3n) is 2.30. The summed E-state index contributed by atoms with van der Waals surface area (Å²) < 4.78 is 27.5. The van der Waals surface area contributed by atoms with Gasteiger partial charge >= 0.3 is 10.1 Å². The molecule has 2 aromatic carbocycles. The van der Waals surface area contributed by atoms with Gasteiger partial charge in [0.1, 0.15) is 5.75 Å². The normalized spacial score (nSPS) is 11.6. The molecule has 0 aliphatic rings. The largest absolute Gasteiger partial charge is 0.382 e. The van der Waals surface area contributed by atoms with Crippen molar-refractivity contribution in [3.63, 3.8) is 0 Å². The van der Waals surface area contributed by atoms with Gasteiger partial charge in [-0.15, -0.1) is 0 Å². The summed E-state index contributed by atoms with van der Waals surface area (Å²) in [7, 11) is -3.44. The van der Waals surface area contributed by atoms with Crippen LogP contribution < -0.4 is 4.18 Å². The molecule has 2 rings (SSSR count). The molecule has 0 fully saturated rings. The highest BCUT2D eigenvalue weighted by Gasteiger charge is 2.09. The first-order chi connectivity index (χ1) is 7.61. The van der Waals surface area contributed by atoms with E-state index in [-0.39, 0.29) is 5.75 Å². The van der Waals surface area contributed by atoms with Crippen LogP contribution in [0.15, 0.2) is 42.5 Å². The van der Waals surface area contributed by atoms with E-state index in [2.05, 4.69) is 0 Å². The van der Waals surface area contributed by atoms with Gasteiger partial charge in [-0.1, -0.05) is 30.3 Å². The van der Waals surface area contributed by atoms with E-state index in [4.69, 9.17) is 4.18 Å². The van der Waals surface area contributed by atoms with Crippen molar-refractivity contribution in [3.05, 3.63) is 42.5 Å². The quantitative estimate of drug-likeness (QED) is 0.769. The lowest BCUT2D eigenvalue weighted by molar-refractivity contribution is 0.488. The maximum Gasteiger partial charge on any atom is 0.308 e. The van der Waals surface area contributed by atoms with E-state index in [1.54, 1.807) is 19.1 Å². The van der Waals surface area contributed by atoms with Crippen LogP contribution in [0.25, 0.3) is 10.8 Å². The smallest absolute Gasteiger partial charge is 0.308 e. The minimum Gasteiger partial charge on any atom is -0.382 e. The predicted molar refractivity (Wildman–Crippen MR) is 64.0 cm³/mol. The first-order valence-electron chi connectivity index (χ1n) is 5.02. The van der Waals surface area contributed by atoms with Gasteiger partial charge in [0.05, 0.1) is 5.75 Å². The zero-order valence-corrected chi connectivity index (χ0v) is 9.70. The molecule has 0 saturated heterocycles. The number of fused-ring (bicyclic) bond motifs is 1. The van der Waals surface area contributed by atoms with Gasteiger partial charge in [0.2, 0.25) is 0 Å². The first-order valence-corrected chi connectivity index (χ1v) is 6.59. The number of hydrogen-bond acceptors (Lipinski definition) is 3. The molecule has 0 spiro atoms. The van der Waals surface area contributed by atoms with Gasteiger partial charge in [-0.3, -0.25) is 0 Å². The predicted octanol–water partition coefficient (Wildman–Crippen LogP) is 2.57. The van der Waals surface area contributed by atoms with Crippen molar-refractivity contribution >= 4 is 20.9 Å². The van der Waals surface area contributed by atoms with Crippen LogP contribution in [-0.4, -0.2) is 14.2 Å². The minimum atomic E-state index is -3.44. The van der Waals surface area contributed by atoms with Gasteiger partial charge in [0.15, 0.2) is 0 Å². The van der Waals surface area contributed by atoms with E-state index in [9.17, 15) is 8.42 Å². The van der Waals surface area contributed by atoms with Crippen molar-refractivity contribution in [1.29, 1.82) is 0 Å². The third kappa shape index (κ3) is 2.33. The van der Waals surface area contributed by atoms with Crippen LogP contribution in [0.5, 0.6) is 5.75 Å². The fourth-order valence-corrected chi connectivity index (χ4v) is 1.94. The fourth-order valence-electron chi connectivity index (χ4n) is 1.42. The fraction of sp³-hybridized carbons (Fsp3) is 0.167. The first kappa shape index (κ1) is 11.0. The van der Waals surface area contributed by atoms with E-state index in [0.717, 1.165) is 10.8 Å². The van der Waals surface area contributed by atoms with E-state index in [1.807, 2.05) is 30.3 Å². The molecule has 0 radical (unpaired) electrons. The van der Waals surface area contributed by atoms with Crippen LogP contribution in [0, 0.1) is 0 Å². The van der Waals surface area contributed by atoms with Gasteiger partial charge in [-0.05, 0) is 29.8 Å². The molecule has 0 aromatic heterocycles. The number of benzene rings is 2. The standard InChI is InChI=1S/C12H12O3S/c1-2-16(13,14)15-12-8-7-10-5-3-4-6-11(10)9-12/h3-9H,2H2,1H3. The van der Waals surface area contributed by atoms with Gasteiger partial charge in [0.25, 0.3) is 0 Å². The van der Waals surface area contributed by atoms with Crippen molar-refractivity contribution in [3.8, 4) is 5.75 Å². The van der Waals surface area contributed by atoms with Gasteiger partial charge in [0, 0.05) is 0 Å². The Morgan fingerprint density at radius 2 is 1.75 bits per heavy atom. The summed E-state index contributed by atoms with van der Waals surface area (Å²) in [5.41, 5.74) is 0. The Bertz CT molecular complexity index is 602. The zero-order valence-electron chi connectivity index (χ0n) is 8.88. The van der Waals surface area contributed by atoms with E-state index < -0.39 is 10.1 Å². The molecule has 0 atom stereocenters. The summed E-state index contributed by atoms with van der Waals surface area (Å²) in [6.07, 6.45) is 0. The molecule has 0 unspecified atom stereocenters. The molecule has 3 nitrogen and oxygen atoms in total. The summed E-state index contributed by atoms with van der Waals surface area (Å²) >= 11 is 0. The lowest BCUT2D eigenvalue weighted by Gasteiger charge is -2.05. The van der Waals surface area contributed by atoms with Crippen LogP contribution in [0.1, 0.15) is 6.92 Å². The summed E-state index contributed by atoms with van der Waals surface area (Å²) in [4.78, 5) is 0. The summed E-state index contributed by atoms with van der Waals surface area (Å²) in [5, 5.41) is 2.02. The molecule has 16 heavy (non-hydrogen) atoms. The van der Waals surface area contributed by atoms with E-state index >= 15 is 0 Å². The van der Waals surface area contributed by atoms with Crippen molar-refractivity contribution in [1.82, 2.24) is 0 Å². The maximum atomic E-state index is 11.3. The highest BCUT2D eigenvalue weighted by Crippen LogP contribution is 2.21. The minimum absolute atomic E-state index is 0.0279. The van der Waals surface area contributed by atoms with Crippen LogP contribution in [-0.2, 0) is 10.1 Å². The molecule has 4 heteroatoms. The van der Waals surface area contributed by atoms with E-state index in [1.165, 1.54) is 0 Å². The Hall–Kier alpha value is -1.55. The van der Waals surface area contributed by atoms with E-state index in [0.29, 0.717) is 5.75 Å². The summed E-state index contributed by atoms with van der Waals surface area (Å²) in [5.74, 6) is 0.334.